The minimum atomic E-state index is -0.805. The van der Waals surface area contributed by atoms with Crippen LogP contribution in [0.2, 0.25) is 0 Å². The van der Waals surface area contributed by atoms with E-state index < -0.39 is 29.4 Å². The summed E-state index contributed by atoms with van der Waals surface area (Å²) in [6.45, 7) is 3.06. The fourth-order valence-corrected chi connectivity index (χ4v) is 6.93. The number of halogens is 1. The fraction of sp³-hybridized carbons (Fsp3) is 0.378. The molecule has 6 rings (SSSR count). The SMILES string of the molecule is Cc1cc(C(=O)N[C@H]2CCNC2=O)ccc1-c1ccc(C[C@H](CC(=O)C2CCC(CN)CC2)C(=O)Nc2cc(F)c3oc(=O)[nH]c3c2)cc1. The highest BCUT2D eigenvalue weighted by atomic mass is 19.1. The first-order valence-corrected chi connectivity index (χ1v) is 16.7. The van der Waals surface area contributed by atoms with Gasteiger partial charge < -0.3 is 26.1 Å². The van der Waals surface area contributed by atoms with Crippen LogP contribution in [0.4, 0.5) is 10.1 Å². The lowest BCUT2D eigenvalue weighted by atomic mass is 9.77. The van der Waals surface area contributed by atoms with Crippen molar-refractivity contribution in [3.63, 3.8) is 0 Å². The third kappa shape index (κ3) is 7.80. The average molecular weight is 670 g/mol. The molecule has 2 fully saturated rings. The number of carbonyl (C=O) groups is 4. The monoisotopic (exact) mass is 669 g/mol. The summed E-state index contributed by atoms with van der Waals surface area (Å²) in [7, 11) is 0. The van der Waals surface area contributed by atoms with Crippen LogP contribution in [0.3, 0.4) is 0 Å². The molecule has 1 saturated heterocycles. The maximum atomic E-state index is 14.6. The van der Waals surface area contributed by atoms with Gasteiger partial charge in [0.15, 0.2) is 11.4 Å². The normalized spacial score (nSPS) is 19.7. The van der Waals surface area contributed by atoms with Crippen LogP contribution >= 0.6 is 0 Å². The van der Waals surface area contributed by atoms with E-state index in [0.717, 1.165) is 54.0 Å². The quantitative estimate of drug-likeness (QED) is 0.157. The molecule has 1 aliphatic carbocycles. The van der Waals surface area contributed by atoms with Gasteiger partial charge in [-0.3, -0.25) is 24.2 Å². The molecule has 2 aliphatic rings. The lowest BCUT2D eigenvalue weighted by Gasteiger charge is -2.27. The fourth-order valence-electron chi connectivity index (χ4n) is 6.93. The van der Waals surface area contributed by atoms with Gasteiger partial charge in [0, 0.05) is 42.1 Å². The zero-order valence-corrected chi connectivity index (χ0v) is 27.3. The maximum Gasteiger partial charge on any atom is 0.417 e. The number of H-pyrrole nitrogens is 1. The molecule has 12 heteroatoms. The first kappa shape index (κ1) is 33.8. The highest BCUT2D eigenvalue weighted by Gasteiger charge is 2.30. The van der Waals surface area contributed by atoms with Gasteiger partial charge in [0.05, 0.1) is 5.52 Å². The molecule has 4 aromatic rings. The maximum absolute atomic E-state index is 14.6. The van der Waals surface area contributed by atoms with Gasteiger partial charge in [-0.15, -0.1) is 0 Å². The minimum Gasteiger partial charge on any atom is -0.405 e. The Labute approximate surface area is 282 Å². The van der Waals surface area contributed by atoms with Crippen LogP contribution in [0.25, 0.3) is 22.2 Å². The van der Waals surface area contributed by atoms with E-state index in [2.05, 4.69) is 20.9 Å². The summed E-state index contributed by atoms with van der Waals surface area (Å²) in [6.07, 6.45) is 4.12. The molecule has 1 saturated carbocycles. The second kappa shape index (κ2) is 14.6. The third-order valence-electron chi connectivity index (χ3n) is 9.79. The molecule has 0 bridgehead atoms. The summed E-state index contributed by atoms with van der Waals surface area (Å²) in [5.74, 6) is -2.93. The summed E-state index contributed by atoms with van der Waals surface area (Å²) >= 11 is 0. The van der Waals surface area contributed by atoms with Crippen molar-refractivity contribution in [2.75, 3.05) is 18.4 Å². The molecule has 6 N–H and O–H groups in total. The number of aryl methyl sites for hydroxylation is 1. The number of hydrogen-bond acceptors (Lipinski definition) is 7. The van der Waals surface area contributed by atoms with E-state index in [4.69, 9.17) is 10.2 Å². The minimum absolute atomic E-state index is 0.0290. The van der Waals surface area contributed by atoms with Gasteiger partial charge in [0.25, 0.3) is 5.91 Å². The number of nitrogens with two attached hydrogens (primary N) is 1. The summed E-state index contributed by atoms with van der Waals surface area (Å²) in [5.41, 5.74) is 9.89. The number of rotatable bonds is 11. The average Bonchev–Trinajstić information content (AvgIpc) is 3.68. The van der Waals surface area contributed by atoms with Crippen molar-refractivity contribution in [2.24, 2.45) is 23.5 Å². The van der Waals surface area contributed by atoms with E-state index in [1.165, 1.54) is 6.07 Å². The van der Waals surface area contributed by atoms with Gasteiger partial charge in [-0.25, -0.2) is 9.18 Å². The van der Waals surface area contributed by atoms with Crippen LogP contribution in [0.5, 0.6) is 0 Å². The lowest BCUT2D eigenvalue weighted by Crippen LogP contribution is -2.40. The van der Waals surface area contributed by atoms with Crippen molar-refractivity contribution in [1.29, 1.82) is 0 Å². The largest absolute Gasteiger partial charge is 0.417 e. The Kier molecular flexibility index (Phi) is 10.0. The molecule has 3 amide bonds. The van der Waals surface area contributed by atoms with Crippen molar-refractivity contribution in [1.82, 2.24) is 15.6 Å². The highest BCUT2D eigenvalue weighted by Crippen LogP contribution is 2.32. The van der Waals surface area contributed by atoms with Crippen LogP contribution in [0.15, 0.2) is 63.8 Å². The topological polar surface area (TPSA) is 176 Å². The molecule has 1 aliphatic heterocycles. The van der Waals surface area contributed by atoms with Crippen LogP contribution < -0.4 is 27.4 Å². The lowest BCUT2D eigenvalue weighted by molar-refractivity contribution is -0.129. The smallest absolute Gasteiger partial charge is 0.405 e. The Hall–Kier alpha value is -5.10. The number of hydrogen-bond donors (Lipinski definition) is 5. The molecular formula is C37H40FN5O6. The van der Waals surface area contributed by atoms with E-state index >= 15 is 0 Å². The van der Waals surface area contributed by atoms with Gasteiger partial charge in [-0.05, 0) is 98.4 Å². The van der Waals surface area contributed by atoms with Gasteiger partial charge in [-0.2, -0.15) is 0 Å². The highest BCUT2D eigenvalue weighted by molar-refractivity contribution is 5.99. The van der Waals surface area contributed by atoms with Crippen molar-refractivity contribution in [3.05, 3.63) is 87.7 Å². The Morgan fingerprint density at radius 1 is 1.00 bits per heavy atom. The molecule has 2 heterocycles. The number of anilines is 1. The molecule has 11 nitrogen and oxygen atoms in total. The van der Waals surface area contributed by atoms with Crippen LogP contribution in [-0.2, 0) is 20.8 Å². The van der Waals surface area contributed by atoms with Gasteiger partial charge >= 0.3 is 5.76 Å². The zero-order chi connectivity index (χ0) is 34.7. The first-order valence-electron chi connectivity index (χ1n) is 16.7. The van der Waals surface area contributed by atoms with E-state index in [1.807, 2.05) is 37.3 Å². The molecule has 49 heavy (non-hydrogen) atoms. The van der Waals surface area contributed by atoms with Crippen LogP contribution in [0, 0.1) is 30.5 Å². The summed E-state index contributed by atoms with van der Waals surface area (Å²) < 4.78 is 19.5. The Balaban J connectivity index is 1.17. The number of oxazole rings is 1. The van der Waals surface area contributed by atoms with Crippen molar-refractivity contribution in [2.45, 2.75) is 57.9 Å². The van der Waals surface area contributed by atoms with E-state index in [9.17, 15) is 28.4 Å². The molecule has 0 spiro atoms. The van der Waals surface area contributed by atoms with Crippen molar-refractivity contribution < 1.29 is 28.0 Å². The number of nitrogens with one attached hydrogen (secondary N) is 4. The summed E-state index contributed by atoms with van der Waals surface area (Å²) in [5, 5.41) is 8.24. The third-order valence-corrected chi connectivity index (χ3v) is 9.79. The number of benzene rings is 3. The Morgan fingerprint density at radius 2 is 1.76 bits per heavy atom. The Bertz CT molecular complexity index is 1940. The molecule has 0 radical (unpaired) electrons. The number of carbonyl (C=O) groups excluding carboxylic acids is 4. The molecular weight excluding hydrogens is 629 g/mol. The van der Waals surface area contributed by atoms with Gasteiger partial charge in [-0.1, -0.05) is 30.3 Å². The van der Waals surface area contributed by atoms with E-state index in [0.29, 0.717) is 31.0 Å². The number of amides is 3. The number of Topliss-reactive ketones (excluding diaryl/α,β-unsaturated/α-hetero) is 1. The molecule has 256 valence electrons. The van der Waals surface area contributed by atoms with Crippen LogP contribution in [-0.4, -0.2) is 47.6 Å². The van der Waals surface area contributed by atoms with Crippen molar-refractivity contribution in [3.8, 4) is 11.1 Å². The van der Waals surface area contributed by atoms with Gasteiger partial charge in [0.1, 0.15) is 11.8 Å². The number of ketones is 1. The summed E-state index contributed by atoms with van der Waals surface area (Å²) in [4.78, 5) is 65.8. The second-order valence-corrected chi connectivity index (χ2v) is 13.2. The van der Waals surface area contributed by atoms with E-state index in [1.54, 1.807) is 12.1 Å². The second-order valence-electron chi connectivity index (χ2n) is 13.2. The molecule has 2 atom stereocenters. The first-order chi connectivity index (χ1) is 23.6. The number of fused-ring (bicyclic) bond motifs is 1. The predicted octanol–water partition coefficient (Wildman–Crippen LogP) is 4.38. The molecule has 3 aromatic carbocycles. The zero-order valence-electron chi connectivity index (χ0n) is 27.3. The summed E-state index contributed by atoms with van der Waals surface area (Å²) in [6, 6.07) is 15.1. The number of aromatic nitrogens is 1. The van der Waals surface area contributed by atoms with E-state index in [-0.39, 0.29) is 53.1 Å². The number of aromatic amines is 1. The predicted molar refractivity (Wildman–Crippen MR) is 182 cm³/mol. The molecule has 0 unspecified atom stereocenters. The standard InChI is InChI=1S/C37H40FN5O6/c1-20-14-25(34(45)42-30-12-13-40-36(30)47)10-11-28(20)23-6-2-21(3-7-23)15-26(16-32(44)24-8-4-22(19-39)5-9-24)35(46)41-27-17-29(38)33-31(18-27)43-37(48)49-33/h2-3,6-7,10-11,14,17-18,22,24,26,30H,4-5,8-9,12-13,15-16,19,39H2,1H3,(H,40,47)(H,41,46)(H,42,45)(H,43,48)/t22?,24?,26-,30+/m1/s1. The molecule has 1 aromatic heterocycles. The van der Waals surface area contributed by atoms with Crippen molar-refractivity contribution >= 4 is 40.3 Å². The Morgan fingerprint density at radius 3 is 2.43 bits per heavy atom. The van der Waals surface area contributed by atoms with Crippen LogP contribution in [0.1, 0.15) is 60.0 Å². The van der Waals surface area contributed by atoms with Gasteiger partial charge in [0.2, 0.25) is 11.8 Å².